The van der Waals surface area contributed by atoms with Crippen molar-refractivity contribution in [3.05, 3.63) is 12.7 Å². The fourth-order valence-electron chi connectivity index (χ4n) is 2.85. The third-order valence-electron chi connectivity index (χ3n) is 3.68. The van der Waals surface area contributed by atoms with Crippen LogP contribution in [0.4, 0.5) is 0 Å². The average molecular weight is 224 g/mol. The molecule has 1 aliphatic heterocycles. The van der Waals surface area contributed by atoms with Gasteiger partial charge in [-0.2, -0.15) is 0 Å². The first-order valence-corrected chi connectivity index (χ1v) is 6.16. The standard InChI is InChI=1S/C13H20O3/c1-2-8-15-10-11-9-13(12(14)16-11)6-4-3-5-7-13/h2,11H,1,3-10H2. The van der Waals surface area contributed by atoms with Crippen molar-refractivity contribution in [1.29, 1.82) is 0 Å². The van der Waals surface area contributed by atoms with E-state index in [-0.39, 0.29) is 17.5 Å². The van der Waals surface area contributed by atoms with Gasteiger partial charge in [0.1, 0.15) is 6.10 Å². The van der Waals surface area contributed by atoms with Crippen LogP contribution in [0.3, 0.4) is 0 Å². The number of carbonyl (C=O) groups excluding carboxylic acids is 1. The van der Waals surface area contributed by atoms with Gasteiger partial charge in [0, 0.05) is 6.42 Å². The molecule has 0 amide bonds. The van der Waals surface area contributed by atoms with Gasteiger partial charge in [-0.15, -0.1) is 6.58 Å². The normalized spacial score (nSPS) is 28.0. The van der Waals surface area contributed by atoms with E-state index in [0.717, 1.165) is 32.1 Å². The molecule has 0 bridgehead atoms. The fraction of sp³-hybridized carbons (Fsp3) is 0.769. The molecule has 2 rings (SSSR count). The van der Waals surface area contributed by atoms with Crippen molar-refractivity contribution < 1.29 is 14.3 Å². The van der Waals surface area contributed by atoms with Crippen LogP contribution in [-0.4, -0.2) is 25.3 Å². The van der Waals surface area contributed by atoms with Crippen molar-refractivity contribution in [3.8, 4) is 0 Å². The van der Waals surface area contributed by atoms with Crippen molar-refractivity contribution in [2.24, 2.45) is 5.41 Å². The van der Waals surface area contributed by atoms with E-state index in [2.05, 4.69) is 6.58 Å². The molecule has 1 unspecified atom stereocenters. The summed E-state index contributed by atoms with van der Waals surface area (Å²) in [5.41, 5.74) is -0.166. The van der Waals surface area contributed by atoms with Crippen LogP contribution in [0, 0.1) is 5.41 Å². The Morgan fingerprint density at radius 3 is 2.88 bits per heavy atom. The number of rotatable bonds is 4. The lowest BCUT2D eigenvalue weighted by atomic mass is 9.72. The van der Waals surface area contributed by atoms with Gasteiger partial charge in [-0.3, -0.25) is 4.79 Å². The summed E-state index contributed by atoms with van der Waals surface area (Å²) in [6.45, 7) is 4.63. The molecule has 1 saturated heterocycles. The largest absolute Gasteiger partial charge is 0.459 e. The highest BCUT2D eigenvalue weighted by Gasteiger charge is 2.49. The molecule has 0 aromatic carbocycles. The molecule has 2 aliphatic rings. The smallest absolute Gasteiger partial charge is 0.312 e. The Labute approximate surface area is 96.8 Å². The topological polar surface area (TPSA) is 35.5 Å². The molecule has 3 heteroatoms. The second kappa shape index (κ2) is 5.00. The van der Waals surface area contributed by atoms with E-state index in [1.807, 2.05) is 0 Å². The first kappa shape index (κ1) is 11.6. The van der Waals surface area contributed by atoms with Crippen molar-refractivity contribution >= 4 is 5.97 Å². The van der Waals surface area contributed by atoms with Crippen LogP contribution in [0.2, 0.25) is 0 Å². The van der Waals surface area contributed by atoms with Crippen LogP contribution < -0.4 is 0 Å². The van der Waals surface area contributed by atoms with Crippen molar-refractivity contribution in [3.63, 3.8) is 0 Å². The molecule has 3 nitrogen and oxygen atoms in total. The lowest BCUT2D eigenvalue weighted by Gasteiger charge is -2.28. The number of cyclic esters (lactones) is 1. The molecule has 1 aliphatic carbocycles. The van der Waals surface area contributed by atoms with Gasteiger partial charge in [-0.1, -0.05) is 25.3 Å². The highest BCUT2D eigenvalue weighted by atomic mass is 16.6. The monoisotopic (exact) mass is 224 g/mol. The van der Waals surface area contributed by atoms with Gasteiger partial charge in [-0.05, 0) is 12.8 Å². The molecule has 0 radical (unpaired) electrons. The minimum absolute atomic E-state index is 0.0133. The van der Waals surface area contributed by atoms with Gasteiger partial charge in [0.25, 0.3) is 0 Å². The Hall–Kier alpha value is -0.830. The molecule has 1 saturated carbocycles. The van der Waals surface area contributed by atoms with Gasteiger partial charge in [0.05, 0.1) is 18.6 Å². The van der Waals surface area contributed by atoms with Crippen LogP contribution in [0.25, 0.3) is 0 Å². The van der Waals surface area contributed by atoms with E-state index in [4.69, 9.17) is 9.47 Å². The number of ether oxygens (including phenoxy) is 2. The summed E-state index contributed by atoms with van der Waals surface area (Å²) in [5, 5.41) is 0. The van der Waals surface area contributed by atoms with E-state index in [9.17, 15) is 4.79 Å². The van der Waals surface area contributed by atoms with E-state index in [1.54, 1.807) is 6.08 Å². The molecule has 1 spiro atoms. The fourth-order valence-corrected chi connectivity index (χ4v) is 2.85. The lowest BCUT2D eigenvalue weighted by molar-refractivity contribution is -0.151. The number of hydrogen-bond acceptors (Lipinski definition) is 3. The van der Waals surface area contributed by atoms with Gasteiger partial charge in [-0.25, -0.2) is 0 Å². The van der Waals surface area contributed by atoms with Crippen molar-refractivity contribution in [1.82, 2.24) is 0 Å². The number of esters is 1. The van der Waals surface area contributed by atoms with E-state index >= 15 is 0 Å². The summed E-state index contributed by atoms with van der Waals surface area (Å²) in [6, 6.07) is 0. The molecule has 0 N–H and O–H groups in total. The van der Waals surface area contributed by atoms with Crippen LogP contribution >= 0.6 is 0 Å². The van der Waals surface area contributed by atoms with Gasteiger partial charge in [0.15, 0.2) is 0 Å². The van der Waals surface area contributed by atoms with Crippen LogP contribution in [-0.2, 0) is 14.3 Å². The zero-order valence-electron chi connectivity index (χ0n) is 9.74. The van der Waals surface area contributed by atoms with Gasteiger partial charge < -0.3 is 9.47 Å². The molecule has 2 fully saturated rings. The second-order valence-corrected chi connectivity index (χ2v) is 4.90. The molecule has 16 heavy (non-hydrogen) atoms. The number of carbonyl (C=O) groups is 1. The Bertz CT molecular complexity index is 266. The first-order valence-electron chi connectivity index (χ1n) is 6.16. The van der Waals surface area contributed by atoms with Crippen LogP contribution in [0.5, 0.6) is 0 Å². The molecule has 1 heterocycles. The summed E-state index contributed by atoms with van der Waals surface area (Å²) in [7, 11) is 0. The summed E-state index contributed by atoms with van der Waals surface area (Å²) >= 11 is 0. The van der Waals surface area contributed by atoms with E-state index < -0.39 is 0 Å². The summed E-state index contributed by atoms with van der Waals surface area (Å²) < 4.78 is 10.8. The minimum Gasteiger partial charge on any atom is -0.459 e. The summed E-state index contributed by atoms with van der Waals surface area (Å²) in [4.78, 5) is 11.9. The molecular formula is C13H20O3. The van der Waals surface area contributed by atoms with Crippen LogP contribution in [0.1, 0.15) is 38.5 Å². The summed E-state index contributed by atoms with van der Waals surface area (Å²) in [5.74, 6) is 0.0133. The highest BCUT2D eigenvalue weighted by molar-refractivity contribution is 5.79. The Morgan fingerprint density at radius 2 is 2.19 bits per heavy atom. The molecule has 0 aromatic heterocycles. The van der Waals surface area contributed by atoms with Gasteiger partial charge >= 0.3 is 5.97 Å². The molecule has 1 atom stereocenters. The minimum atomic E-state index is -0.166. The molecule has 90 valence electrons. The van der Waals surface area contributed by atoms with E-state index in [0.29, 0.717) is 13.2 Å². The van der Waals surface area contributed by atoms with E-state index in [1.165, 1.54) is 6.42 Å². The Kier molecular flexibility index (Phi) is 3.64. The number of hydrogen-bond donors (Lipinski definition) is 0. The predicted octanol–water partition coefficient (Wildman–Crippen LogP) is 2.46. The maximum absolute atomic E-state index is 11.9. The first-order chi connectivity index (χ1) is 7.77. The third kappa shape index (κ3) is 2.29. The summed E-state index contributed by atoms with van der Waals surface area (Å²) in [6.07, 6.45) is 8.12. The highest BCUT2D eigenvalue weighted by Crippen LogP contribution is 2.45. The second-order valence-electron chi connectivity index (χ2n) is 4.90. The van der Waals surface area contributed by atoms with Crippen LogP contribution in [0.15, 0.2) is 12.7 Å². The predicted molar refractivity (Wildman–Crippen MR) is 61.0 cm³/mol. The average Bonchev–Trinajstić information content (AvgIpc) is 2.57. The molecular weight excluding hydrogens is 204 g/mol. The quantitative estimate of drug-likeness (QED) is 0.418. The SMILES string of the molecule is C=CCOCC1CC2(CCCCC2)C(=O)O1. The maximum atomic E-state index is 11.9. The Morgan fingerprint density at radius 1 is 1.44 bits per heavy atom. The lowest BCUT2D eigenvalue weighted by Crippen LogP contribution is -2.29. The van der Waals surface area contributed by atoms with Crippen molar-refractivity contribution in [2.45, 2.75) is 44.6 Å². The van der Waals surface area contributed by atoms with Gasteiger partial charge in [0.2, 0.25) is 0 Å². The molecule has 0 aromatic rings. The maximum Gasteiger partial charge on any atom is 0.312 e. The van der Waals surface area contributed by atoms with Crippen molar-refractivity contribution in [2.75, 3.05) is 13.2 Å². The zero-order valence-corrected chi connectivity index (χ0v) is 9.74. The third-order valence-corrected chi connectivity index (χ3v) is 3.68. The Balaban J connectivity index is 1.87. The zero-order chi connectivity index (χ0) is 11.4.